The third-order valence-electron chi connectivity index (χ3n) is 4.58. The number of nitrogens with one attached hydrogen (secondary N) is 2. The van der Waals surface area contributed by atoms with Crippen LogP contribution in [-0.2, 0) is 0 Å². The van der Waals surface area contributed by atoms with Crippen LogP contribution in [-0.4, -0.2) is 46.2 Å². The van der Waals surface area contributed by atoms with Crippen molar-refractivity contribution >= 4 is 24.1 Å². The summed E-state index contributed by atoms with van der Waals surface area (Å²) in [5.74, 6) is -0.0946. The van der Waals surface area contributed by atoms with Crippen molar-refractivity contribution < 1.29 is 9.59 Å². The average Bonchev–Trinajstić information content (AvgIpc) is 2.89. The van der Waals surface area contributed by atoms with Crippen molar-refractivity contribution in [3.8, 4) is 0 Å². The van der Waals surface area contributed by atoms with Crippen LogP contribution in [0.15, 0.2) is 24.5 Å². The summed E-state index contributed by atoms with van der Waals surface area (Å²) in [6.45, 7) is 7.24. The summed E-state index contributed by atoms with van der Waals surface area (Å²) in [4.78, 5) is 34.1. The molecule has 0 aromatic carbocycles. The van der Waals surface area contributed by atoms with Crippen molar-refractivity contribution in [1.82, 2.24) is 20.2 Å². The number of hydrogen-bond acceptors (Lipinski definition) is 4. The van der Waals surface area contributed by atoms with Gasteiger partial charge in [-0.05, 0) is 38.0 Å². The van der Waals surface area contributed by atoms with Crippen LogP contribution in [0.25, 0.3) is 0 Å². The van der Waals surface area contributed by atoms with Gasteiger partial charge in [0.25, 0.3) is 5.91 Å². The lowest BCUT2D eigenvalue weighted by Crippen LogP contribution is -2.49. The van der Waals surface area contributed by atoms with Crippen molar-refractivity contribution in [1.29, 1.82) is 0 Å². The number of nitrogens with zero attached hydrogens (tertiary/aromatic N) is 2. The number of carbonyl (C=O) groups is 2. The number of aromatic nitrogens is 2. The first kappa shape index (κ1) is 19.1. The predicted molar refractivity (Wildman–Crippen MR) is 98.4 cm³/mol. The number of Topliss-reactive ketones (excluding diaryl/α,β-unsaturated/α-hetero) is 1. The van der Waals surface area contributed by atoms with Crippen molar-refractivity contribution in [2.24, 2.45) is 0 Å². The number of amides is 1. The van der Waals surface area contributed by atoms with Gasteiger partial charge in [0.2, 0.25) is 0 Å². The Kier molecular flexibility index (Phi) is 5.98. The second kappa shape index (κ2) is 7.80. The number of aryl methyl sites for hydroxylation is 1. The second-order valence-electron chi connectivity index (χ2n) is 6.19. The van der Waals surface area contributed by atoms with Crippen LogP contribution in [0.3, 0.4) is 0 Å². The number of H-pyrrole nitrogens is 1. The molecule has 7 heteroatoms. The second-order valence-corrected chi connectivity index (χ2v) is 6.19. The fraction of sp³-hybridized carbons (Fsp3) is 0.389. The van der Waals surface area contributed by atoms with E-state index in [1.54, 1.807) is 12.4 Å². The molecular formula is C18H23ClN4O2. The number of aromatic amines is 1. The molecule has 0 bridgehead atoms. The SMILES string of the molecule is CC(=O)c1c(C)[nH]c(C(=O)N2CCNCC2c2cccnc2)c1C.Cl. The molecule has 134 valence electrons. The normalized spacial score (nSPS) is 17.1. The number of hydrogen-bond donors (Lipinski definition) is 2. The maximum Gasteiger partial charge on any atom is 0.271 e. The maximum atomic E-state index is 13.1. The maximum absolute atomic E-state index is 13.1. The third-order valence-corrected chi connectivity index (χ3v) is 4.58. The lowest BCUT2D eigenvalue weighted by Gasteiger charge is -2.36. The van der Waals surface area contributed by atoms with Gasteiger partial charge in [0.15, 0.2) is 5.78 Å². The highest BCUT2D eigenvalue weighted by Gasteiger charge is 2.31. The van der Waals surface area contributed by atoms with Crippen LogP contribution in [0, 0.1) is 13.8 Å². The molecule has 25 heavy (non-hydrogen) atoms. The Morgan fingerprint density at radius 2 is 2.08 bits per heavy atom. The summed E-state index contributed by atoms with van der Waals surface area (Å²) >= 11 is 0. The topological polar surface area (TPSA) is 78.1 Å². The molecule has 2 N–H and O–H groups in total. The minimum absolute atomic E-state index is 0. The smallest absolute Gasteiger partial charge is 0.271 e. The Bertz CT molecular complexity index is 773. The summed E-state index contributed by atoms with van der Waals surface area (Å²) < 4.78 is 0. The Morgan fingerprint density at radius 1 is 1.32 bits per heavy atom. The van der Waals surface area contributed by atoms with E-state index in [4.69, 9.17) is 0 Å². The minimum Gasteiger partial charge on any atom is -0.354 e. The van der Waals surface area contributed by atoms with Gasteiger partial charge in [0.05, 0.1) is 6.04 Å². The highest BCUT2D eigenvalue weighted by atomic mass is 35.5. The standard InChI is InChI=1S/C18H22N4O2.ClH/c1-11-16(13(3)23)12(2)21-17(11)18(24)22-8-7-20-10-15(22)14-5-4-6-19-9-14;/h4-6,9,15,20-21H,7-8,10H2,1-3H3;1H. The Hall–Kier alpha value is -2.18. The first-order chi connectivity index (χ1) is 11.5. The minimum atomic E-state index is -0.0709. The summed E-state index contributed by atoms with van der Waals surface area (Å²) in [7, 11) is 0. The van der Waals surface area contributed by atoms with Gasteiger partial charge in [-0.2, -0.15) is 0 Å². The van der Waals surface area contributed by atoms with Crippen LogP contribution in [0.5, 0.6) is 0 Å². The quantitative estimate of drug-likeness (QED) is 0.822. The van der Waals surface area contributed by atoms with E-state index in [1.807, 2.05) is 30.9 Å². The highest BCUT2D eigenvalue weighted by molar-refractivity contribution is 6.02. The van der Waals surface area contributed by atoms with E-state index in [2.05, 4.69) is 15.3 Å². The number of pyridine rings is 1. The monoisotopic (exact) mass is 362 g/mol. The lowest BCUT2D eigenvalue weighted by atomic mass is 10.0. The molecule has 1 aliphatic rings. The Labute approximate surface area is 153 Å². The molecule has 1 aliphatic heterocycles. The molecule has 6 nitrogen and oxygen atoms in total. The fourth-order valence-electron chi connectivity index (χ4n) is 3.45. The van der Waals surface area contributed by atoms with Gasteiger partial charge in [-0.25, -0.2) is 0 Å². The van der Waals surface area contributed by atoms with E-state index >= 15 is 0 Å². The van der Waals surface area contributed by atoms with Gasteiger partial charge in [0, 0.05) is 43.3 Å². The molecule has 0 radical (unpaired) electrons. The number of halogens is 1. The van der Waals surface area contributed by atoms with Crippen LogP contribution >= 0.6 is 12.4 Å². The molecule has 1 amide bonds. The van der Waals surface area contributed by atoms with Crippen molar-refractivity contribution in [2.75, 3.05) is 19.6 Å². The third kappa shape index (κ3) is 3.60. The molecule has 2 aromatic rings. The van der Waals surface area contributed by atoms with E-state index in [-0.39, 0.29) is 30.1 Å². The molecule has 3 rings (SSSR count). The molecule has 2 aromatic heterocycles. The van der Waals surface area contributed by atoms with Crippen LogP contribution in [0.1, 0.15) is 50.6 Å². The van der Waals surface area contributed by atoms with Crippen LogP contribution in [0.4, 0.5) is 0 Å². The number of piperazine rings is 1. The van der Waals surface area contributed by atoms with Crippen LogP contribution in [0.2, 0.25) is 0 Å². The summed E-state index contributed by atoms with van der Waals surface area (Å²) in [5, 5.41) is 3.33. The van der Waals surface area contributed by atoms with E-state index in [0.717, 1.165) is 23.4 Å². The Morgan fingerprint density at radius 3 is 2.68 bits per heavy atom. The van der Waals surface area contributed by atoms with Crippen molar-refractivity contribution in [3.05, 3.63) is 52.6 Å². The van der Waals surface area contributed by atoms with E-state index in [0.29, 0.717) is 24.3 Å². The average molecular weight is 363 g/mol. The van der Waals surface area contributed by atoms with Gasteiger partial charge in [-0.3, -0.25) is 14.6 Å². The van der Waals surface area contributed by atoms with Gasteiger partial charge >= 0.3 is 0 Å². The van der Waals surface area contributed by atoms with E-state index in [9.17, 15) is 9.59 Å². The number of carbonyl (C=O) groups excluding carboxylic acids is 2. The predicted octanol–water partition coefficient (Wildman–Crippen LogP) is 2.44. The Balaban J connectivity index is 0.00000225. The zero-order valence-corrected chi connectivity index (χ0v) is 15.4. The zero-order chi connectivity index (χ0) is 17.3. The van der Waals surface area contributed by atoms with E-state index in [1.165, 1.54) is 6.92 Å². The lowest BCUT2D eigenvalue weighted by molar-refractivity contribution is 0.0627. The van der Waals surface area contributed by atoms with Gasteiger partial charge in [0.1, 0.15) is 5.69 Å². The molecule has 0 aliphatic carbocycles. The molecule has 1 fully saturated rings. The largest absolute Gasteiger partial charge is 0.354 e. The zero-order valence-electron chi connectivity index (χ0n) is 14.6. The van der Waals surface area contributed by atoms with Crippen molar-refractivity contribution in [3.63, 3.8) is 0 Å². The molecule has 1 saturated heterocycles. The van der Waals surface area contributed by atoms with Crippen molar-refractivity contribution in [2.45, 2.75) is 26.8 Å². The number of ketones is 1. The van der Waals surface area contributed by atoms with Crippen LogP contribution < -0.4 is 5.32 Å². The molecule has 3 heterocycles. The molecular weight excluding hydrogens is 340 g/mol. The highest BCUT2D eigenvalue weighted by Crippen LogP contribution is 2.26. The van der Waals surface area contributed by atoms with Gasteiger partial charge < -0.3 is 15.2 Å². The molecule has 1 atom stereocenters. The van der Waals surface area contributed by atoms with Gasteiger partial charge in [-0.1, -0.05) is 6.07 Å². The number of rotatable bonds is 3. The molecule has 0 spiro atoms. The first-order valence-electron chi connectivity index (χ1n) is 8.12. The summed E-state index contributed by atoms with van der Waals surface area (Å²) in [5.41, 5.74) is 3.61. The van der Waals surface area contributed by atoms with Gasteiger partial charge in [-0.15, -0.1) is 12.4 Å². The summed E-state index contributed by atoms with van der Waals surface area (Å²) in [6, 6.07) is 3.80. The van der Waals surface area contributed by atoms with E-state index < -0.39 is 0 Å². The molecule has 0 saturated carbocycles. The summed E-state index contributed by atoms with van der Waals surface area (Å²) in [6.07, 6.45) is 3.52. The first-order valence-corrected chi connectivity index (χ1v) is 8.12. The fourth-order valence-corrected chi connectivity index (χ4v) is 3.45. The molecule has 1 unspecified atom stereocenters.